The Hall–Kier alpha value is -1.77. The summed E-state index contributed by atoms with van der Waals surface area (Å²) in [5.41, 5.74) is -2.43. The van der Waals surface area contributed by atoms with E-state index >= 15 is 0 Å². The van der Waals surface area contributed by atoms with Gasteiger partial charge in [-0.2, -0.15) is 0 Å². The highest BCUT2D eigenvalue weighted by Gasteiger charge is 2.74. The van der Waals surface area contributed by atoms with E-state index in [2.05, 4.69) is 6.92 Å². The van der Waals surface area contributed by atoms with Gasteiger partial charge in [-0.15, -0.1) is 0 Å². The third-order valence-corrected chi connectivity index (χ3v) is 11.3. The predicted molar refractivity (Wildman–Crippen MR) is 145 cm³/mol. The van der Waals surface area contributed by atoms with Crippen LogP contribution in [0.2, 0.25) is 0 Å². The SMILES string of the molecule is COC(C(=O)OC1CC2(O)[C@@H](C)C3C4(OC(C)=O)COC4C[C@H](C)[C@@]3(C)C(=O)[C@H](C)C(=C1C)C2(C)C)C(C)C. The van der Waals surface area contributed by atoms with E-state index in [0.717, 1.165) is 11.1 Å². The molecule has 1 N–H and O–H groups in total. The van der Waals surface area contributed by atoms with Crippen molar-refractivity contribution in [2.24, 2.45) is 40.4 Å². The van der Waals surface area contributed by atoms with E-state index in [1.54, 1.807) is 0 Å². The maximum Gasteiger partial charge on any atom is 0.336 e. The van der Waals surface area contributed by atoms with Crippen LogP contribution in [0.15, 0.2) is 11.1 Å². The lowest BCUT2D eigenvalue weighted by Gasteiger charge is -2.68. The highest BCUT2D eigenvalue weighted by atomic mass is 16.6. The Balaban J connectivity index is 1.92. The molecule has 8 heteroatoms. The zero-order chi connectivity index (χ0) is 29.5. The van der Waals surface area contributed by atoms with Crippen molar-refractivity contribution in [2.45, 2.75) is 112 Å². The molecular formula is C31H48O8. The summed E-state index contributed by atoms with van der Waals surface area (Å²) in [6.07, 6.45) is -1.03. The minimum atomic E-state index is -1.38. The molecule has 0 aromatic heterocycles. The first kappa shape index (κ1) is 30.2. The highest BCUT2D eigenvalue weighted by molar-refractivity contribution is 5.91. The Morgan fingerprint density at radius 1 is 1.13 bits per heavy atom. The lowest BCUT2D eigenvalue weighted by Crippen LogP contribution is -2.78. The molecule has 8 nitrogen and oxygen atoms in total. The minimum absolute atomic E-state index is 0.0533. The zero-order valence-corrected chi connectivity index (χ0v) is 25.5. The molecule has 4 rings (SSSR count). The van der Waals surface area contributed by atoms with Gasteiger partial charge in [-0.05, 0) is 42.2 Å². The third kappa shape index (κ3) is 3.98. The van der Waals surface area contributed by atoms with E-state index in [0.29, 0.717) is 6.42 Å². The van der Waals surface area contributed by atoms with Crippen LogP contribution in [0.25, 0.3) is 0 Å². The maximum absolute atomic E-state index is 14.7. The number of fused-ring (bicyclic) bond motifs is 5. The minimum Gasteiger partial charge on any atom is -0.456 e. The molecule has 4 aliphatic rings. The van der Waals surface area contributed by atoms with Gasteiger partial charge < -0.3 is 24.1 Å². The van der Waals surface area contributed by atoms with Crippen molar-refractivity contribution >= 4 is 17.7 Å². The molecular weight excluding hydrogens is 500 g/mol. The van der Waals surface area contributed by atoms with E-state index in [1.807, 2.05) is 55.4 Å². The van der Waals surface area contributed by atoms with Crippen molar-refractivity contribution in [1.82, 2.24) is 0 Å². The van der Waals surface area contributed by atoms with Gasteiger partial charge in [0.05, 0.1) is 12.2 Å². The average molecular weight is 549 g/mol. The number of esters is 2. The first-order valence-corrected chi connectivity index (χ1v) is 14.4. The molecule has 0 spiro atoms. The lowest BCUT2D eigenvalue weighted by atomic mass is 9.40. The van der Waals surface area contributed by atoms with Gasteiger partial charge in [0.15, 0.2) is 11.7 Å². The molecule has 3 aliphatic carbocycles. The second-order valence-electron chi connectivity index (χ2n) is 13.8. The van der Waals surface area contributed by atoms with E-state index in [1.165, 1.54) is 14.0 Å². The van der Waals surface area contributed by atoms with Crippen LogP contribution in [0, 0.1) is 40.4 Å². The summed E-state index contributed by atoms with van der Waals surface area (Å²) in [4.78, 5) is 40.3. The number of methoxy groups -OCH3 is 1. The van der Waals surface area contributed by atoms with Crippen LogP contribution in [-0.2, 0) is 33.3 Å². The molecule has 6 unspecified atom stereocenters. The van der Waals surface area contributed by atoms with Gasteiger partial charge in [0.2, 0.25) is 0 Å². The van der Waals surface area contributed by atoms with E-state index < -0.39 is 63.9 Å². The quantitative estimate of drug-likeness (QED) is 0.401. The molecule has 2 saturated carbocycles. The number of aliphatic hydroxyl groups is 1. The van der Waals surface area contributed by atoms with Gasteiger partial charge in [-0.3, -0.25) is 9.59 Å². The maximum atomic E-state index is 14.7. The fourth-order valence-corrected chi connectivity index (χ4v) is 9.15. The van der Waals surface area contributed by atoms with Crippen molar-refractivity contribution in [2.75, 3.05) is 13.7 Å². The van der Waals surface area contributed by atoms with Gasteiger partial charge in [-0.25, -0.2) is 4.79 Å². The fourth-order valence-electron chi connectivity index (χ4n) is 9.15. The molecule has 0 aromatic rings. The summed E-state index contributed by atoms with van der Waals surface area (Å²) in [7, 11) is 1.48. The number of carbonyl (C=O) groups excluding carboxylic acids is 3. The Morgan fingerprint density at radius 2 is 1.74 bits per heavy atom. The highest BCUT2D eigenvalue weighted by Crippen LogP contribution is 2.67. The van der Waals surface area contributed by atoms with E-state index in [9.17, 15) is 19.5 Å². The van der Waals surface area contributed by atoms with Gasteiger partial charge in [0.1, 0.15) is 18.0 Å². The van der Waals surface area contributed by atoms with Gasteiger partial charge in [-0.1, -0.05) is 55.4 Å². The molecule has 10 atom stereocenters. The normalized spacial score (nSPS) is 43.9. The molecule has 220 valence electrons. The monoisotopic (exact) mass is 548 g/mol. The molecule has 0 radical (unpaired) electrons. The van der Waals surface area contributed by atoms with Crippen molar-refractivity contribution in [3.63, 3.8) is 0 Å². The summed E-state index contributed by atoms with van der Waals surface area (Å²) < 4.78 is 23.6. The van der Waals surface area contributed by atoms with E-state index in [-0.39, 0.29) is 36.8 Å². The van der Waals surface area contributed by atoms with Crippen molar-refractivity contribution < 1.29 is 38.4 Å². The Kier molecular flexibility index (Phi) is 7.48. The van der Waals surface area contributed by atoms with Crippen LogP contribution < -0.4 is 0 Å². The fraction of sp³-hybridized carbons (Fsp3) is 0.839. The number of Topliss-reactive ketones (excluding diaryl/α,β-unsaturated/α-hetero) is 1. The summed E-state index contributed by atoms with van der Waals surface area (Å²) in [5.74, 6) is -2.50. The van der Waals surface area contributed by atoms with Crippen LogP contribution in [0.3, 0.4) is 0 Å². The molecule has 1 aliphatic heterocycles. The summed E-state index contributed by atoms with van der Waals surface area (Å²) in [6, 6.07) is 0. The van der Waals surface area contributed by atoms with Crippen molar-refractivity contribution in [1.29, 1.82) is 0 Å². The van der Waals surface area contributed by atoms with Crippen LogP contribution in [0.5, 0.6) is 0 Å². The van der Waals surface area contributed by atoms with Crippen molar-refractivity contribution in [3.8, 4) is 0 Å². The van der Waals surface area contributed by atoms with Crippen LogP contribution in [0.1, 0.15) is 82.1 Å². The number of ether oxygens (including phenoxy) is 4. The molecule has 0 amide bonds. The number of hydrogen-bond acceptors (Lipinski definition) is 8. The first-order valence-electron chi connectivity index (χ1n) is 14.4. The van der Waals surface area contributed by atoms with Crippen LogP contribution in [0.4, 0.5) is 0 Å². The lowest BCUT2D eigenvalue weighted by molar-refractivity contribution is -0.332. The smallest absolute Gasteiger partial charge is 0.336 e. The number of carbonyl (C=O) groups is 3. The number of rotatable bonds is 5. The summed E-state index contributed by atoms with van der Waals surface area (Å²) >= 11 is 0. The average Bonchev–Trinajstić information content (AvgIpc) is 2.82. The molecule has 2 bridgehead atoms. The van der Waals surface area contributed by atoms with Crippen molar-refractivity contribution in [3.05, 3.63) is 11.1 Å². The van der Waals surface area contributed by atoms with Gasteiger partial charge in [0.25, 0.3) is 0 Å². The number of hydrogen-bond donors (Lipinski definition) is 1. The Bertz CT molecular complexity index is 1080. The summed E-state index contributed by atoms with van der Waals surface area (Å²) in [6.45, 7) is 19.2. The Labute approximate surface area is 233 Å². The largest absolute Gasteiger partial charge is 0.456 e. The second kappa shape index (κ2) is 9.66. The second-order valence-corrected chi connectivity index (χ2v) is 13.8. The van der Waals surface area contributed by atoms with E-state index in [4.69, 9.17) is 18.9 Å². The number of ketones is 1. The standard InChI is InChI=1S/C31H48O8/c1-15(2)24(36-11)27(34)38-21-13-31(35)19(6)25-29(10,26(33)18(5)23(17(21)4)28(31,8)9)16(3)12-22-30(25,14-37-22)39-20(7)32/h15-16,18-19,21-22,24-25,35H,12-14H2,1-11H3/t16-,18+,19-,21?,22?,24?,25?,29+,30?,31?/m0/s1. The van der Waals surface area contributed by atoms with Crippen LogP contribution >= 0.6 is 0 Å². The topological polar surface area (TPSA) is 108 Å². The third-order valence-electron chi connectivity index (χ3n) is 11.3. The predicted octanol–water partition coefficient (Wildman–Crippen LogP) is 4.26. The first-order chi connectivity index (χ1) is 17.9. The van der Waals surface area contributed by atoms with Crippen LogP contribution in [-0.4, -0.2) is 66.1 Å². The molecule has 1 heterocycles. The molecule has 39 heavy (non-hydrogen) atoms. The van der Waals surface area contributed by atoms with Gasteiger partial charge in [0, 0.05) is 43.1 Å². The van der Waals surface area contributed by atoms with Gasteiger partial charge >= 0.3 is 11.9 Å². The zero-order valence-electron chi connectivity index (χ0n) is 25.5. The molecule has 3 fully saturated rings. The Morgan fingerprint density at radius 3 is 2.23 bits per heavy atom. The molecule has 1 saturated heterocycles. The molecule has 0 aromatic carbocycles. The summed E-state index contributed by atoms with van der Waals surface area (Å²) in [5, 5.41) is 12.9.